The number of pyridine rings is 1. The van der Waals surface area contributed by atoms with Crippen molar-refractivity contribution in [2.24, 2.45) is 13.0 Å². The monoisotopic (exact) mass is 374 g/mol. The van der Waals surface area contributed by atoms with Crippen molar-refractivity contribution in [3.05, 3.63) is 66.4 Å². The van der Waals surface area contributed by atoms with Gasteiger partial charge >= 0.3 is 0 Å². The van der Waals surface area contributed by atoms with E-state index in [1.54, 1.807) is 18.5 Å². The molecule has 0 aliphatic rings. The molecule has 7 nitrogen and oxygen atoms in total. The summed E-state index contributed by atoms with van der Waals surface area (Å²) in [5, 5.41) is 10.2. The summed E-state index contributed by atoms with van der Waals surface area (Å²) < 4.78 is 2.04. The van der Waals surface area contributed by atoms with Crippen LogP contribution in [0.15, 0.2) is 54.9 Å². The van der Waals surface area contributed by atoms with Gasteiger partial charge in [0.2, 0.25) is 0 Å². The van der Waals surface area contributed by atoms with Crippen molar-refractivity contribution in [1.29, 1.82) is 0 Å². The Morgan fingerprint density at radius 2 is 1.89 bits per heavy atom. The molecule has 0 spiro atoms. The second kappa shape index (κ2) is 7.26. The summed E-state index contributed by atoms with van der Waals surface area (Å²) in [5.74, 6) is 0.791. The highest BCUT2D eigenvalue weighted by molar-refractivity contribution is 5.93. The molecule has 0 saturated heterocycles. The number of fused-ring (bicyclic) bond motifs is 1. The van der Waals surface area contributed by atoms with E-state index in [0.29, 0.717) is 11.4 Å². The van der Waals surface area contributed by atoms with E-state index in [-0.39, 0.29) is 17.9 Å². The molecule has 0 unspecified atom stereocenters. The third-order valence-electron chi connectivity index (χ3n) is 4.85. The van der Waals surface area contributed by atoms with E-state index in [1.165, 1.54) is 0 Å². The van der Waals surface area contributed by atoms with Crippen molar-refractivity contribution in [1.82, 2.24) is 30.0 Å². The number of carbonyl (C=O) groups is 1. The van der Waals surface area contributed by atoms with E-state index < -0.39 is 0 Å². The molecule has 1 atom stereocenters. The van der Waals surface area contributed by atoms with Gasteiger partial charge in [0.05, 0.1) is 22.8 Å². The molecule has 3 heterocycles. The molecule has 0 radical (unpaired) electrons. The highest BCUT2D eigenvalue weighted by Crippen LogP contribution is 2.25. The zero-order valence-corrected chi connectivity index (χ0v) is 16.0. The van der Waals surface area contributed by atoms with Gasteiger partial charge in [-0.3, -0.25) is 14.9 Å². The van der Waals surface area contributed by atoms with Crippen LogP contribution in [0.4, 0.5) is 0 Å². The number of aromatic nitrogens is 5. The average Bonchev–Trinajstić information content (AvgIpc) is 3.32. The van der Waals surface area contributed by atoms with Crippen molar-refractivity contribution in [3.63, 3.8) is 0 Å². The second-order valence-corrected chi connectivity index (χ2v) is 7.12. The van der Waals surface area contributed by atoms with Crippen LogP contribution >= 0.6 is 0 Å². The predicted molar refractivity (Wildman–Crippen MR) is 108 cm³/mol. The lowest BCUT2D eigenvalue weighted by Gasteiger charge is -2.21. The van der Waals surface area contributed by atoms with Gasteiger partial charge < -0.3 is 9.88 Å². The molecular weight excluding hydrogens is 352 g/mol. The Kier molecular flexibility index (Phi) is 4.65. The van der Waals surface area contributed by atoms with E-state index in [4.69, 9.17) is 4.98 Å². The van der Waals surface area contributed by atoms with Crippen LogP contribution < -0.4 is 5.32 Å². The molecule has 1 amide bonds. The third kappa shape index (κ3) is 3.26. The molecule has 7 heteroatoms. The summed E-state index contributed by atoms with van der Waals surface area (Å²) >= 11 is 0. The Labute approximate surface area is 162 Å². The number of imidazole rings is 1. The largest absolute Gasteiger partial charge is 0.341 e. The van der Waals surface area contributed by atoms with Crippen LogP contribution in [0.25, 0.3) is 22.3 Å². The number of amides is 1. The SMILES string of the molecule is CC(C)[C@H](NC(=O)c1cc(-c2ccncc2)n[nH]1)c1nc2ccccc2n1C. The van der Waals surface area contributed by atoms with Gasteiger partial charge in [-0.05, 0) is 36.2 Å². The van der Waals surface area contributed by atoms with Crippen molar-refractivity contribution < 1.29 is 4.79 Å². The summed E-state index contributed by atoms with van der Waals surface area (Å²) in [7, 11) is 1.98. The molecule has 4 aromatic rings. The number of para-hydroxylation sites is 2. The van der Waals surface area contributed by atoms with Crippen LogP contribution in [-0.2, 0) is 7.05 Å². The maximum atomic E-state index is 12.9. The Morgan fingerprint density at radius 1 is 1.14 bits per heavy atom. The third-order valence-corrected chi connectivity index (χ3v) is 4.85. The minimum Gasteiger partial charge on any atom is -0.341 e. The Hall–Kier alpha value is -3.48. The lowest BCUT2D eigenvalue weighted by atomic mass is 10.0. The first-order valence-corrected chi connectivity index (χ1v) is 9.22. The van der Waals surface area contributed by atoms with Gasteiger partial charge in [-0.25, -0.2) is 4.98 Å². The first-order valence-electron chi connectivity index (χ1n) is 9.22. The van der Waals surface area contributed by atoms with Crippen molar-refractivity contribution in [2.75, 3.05) is 0 Å². The Balaban J connectivity index is 1.61. The molecule has 0 fully saturated rings. The first-order chi connectivity index (χ1) is 13.5. The normalized spacial score (nSPS) is 12.4. The Bertz CT molecular complexity index is 1110. The first kappa shape index (κ1) is 17.9. The maximum absolute atomic E-state index is 12.9. The number of aryl methyl sites for hydroxylation is 1. The van der Waals surface area contributed by atoms with Crippen LogP contribution in [0.3, 0.4) is 0 Å². The Morgan fingerprint density at radius 3 is 2.61 bits per heavy atom. The van der Waals surface area contributed by atoms with Crippen LogP contribution in [0.2, 0.25) is 0 Å². The van der Waals surface area contributed by atoms with Gasteiger partial charge in [-0.2, -0.15) is 5.10 Å². The van der Waals surface area contributed by atoms with Gasteiger partial charge in [0.1, 0.15) is 11.5 Å². The molecule has 0 bridgehead atoms. The van der Waals surface area contributed by atoms with Crippen molar-refractivity contribution >= 4 is 16.9 Å². The molecule has 1 aromatic carbocycles. The fourth-order valence-corrected chi connectivity index (χ4v) is 3.30. The van der Waals surface area contributed by atoms with Gasteiger partial charge in [-0.1, -0.05) is 26.0 Å². The van der Waals surface area contributed by atoms with Gasteiger partial charge in [-0.15, -0.1) is 0 Å². The minimum absolute atomic E-state index is 0.169. The summed E-state index contributed by atoms with van der Waals surface area (Å²) in [6.07, 6.45) is 3.40. The predicted octanol–water partition coefficient (Wildman–Crippen LogP) is 3.49. The number of benzene rings is 1. The summed E-state index contributed by atoms with van der Waals surface area (Å²) in [4.78, 5) is 21.6. The molecule has 0 aliphatic carbocycles. The van der Waals surface area contributed by atoms with E-state index >= 15 is 0 Å². The summed E-state index contributed by atoms with van der Waals surface area (Å²) in [6.45, 7) is 4.14. The highest BCUT2D eigenvalue weighted by atomic mass is 16.2. The molecular formula is C21H22N6O. The number of nitrogens with one attached hydrogen (secondary N) is 2. The summed E-state index contributed by atoms with van der Waals surface area (Å²) in [5.41, 5.74) is 3.98. The molecule has 4 rings (SSSR count). The molecule has 28 heavy (non-hydrogen) atoms. The lowest BCUT2D eigenvalue weighted by molar-refractivity contribution is 0.0917. The topological polar surface area (TPSA) is 88.5 Å². The van der Waals surface area contributed by atoms with Crippen LogP contribution in [-0.4, -0.2) is 30.6 Å². The zero-order valence-electron chi connectivity index (χ0n) is 16.0. The van der Waals surface area contributed by atoms with E-state index in [1.807, 2.05) is 48.0 Å². The molecule has 0 aliphatic heterocycles. The zero-order chi connectivity index (χ0) is 19.7. The lowest BCUT2D eigenvalue weighted by Crippen LogP contribution is -2.33. The van der Waals surface area contributed by atoms with Crippen molar-refractivity contribution in [2.45, 2.75) is 19.9 Å². The summed E-state index contributed by atoms with van der Waals surface area (Å²) in [6, 6.07) is 13.2. The van der Waals surface area contributed by atoms with Gasteiger partial charge in [0, 0.05) is 25.0 Å². The smallest absolute Gasteiger partial charge is 0.269 e. The van der Waals surface area contributed by atoms with Gasteiger partial charge in [0.25, 0.3) is 5.91 Å². The van der Waals surface area contributed by atoms with Crippen LogP contribution in [0.5, 0.6) is 0 Å². The van der Waals surface area contributed by atoms with Crippen LogP contribution in [0.1, 0.15) is 36.2 Å². The fourth-order valence-electron chi connectivity index (χ4n) is 3.30. The number of carbonyl (C=O) groups excluding carboxylic acids is 1. The highest BCUT2D eigenvalue weighted by Gasteiger charge is 2.25. The number of aromatic amines is 1. The molecule has 2 N–H and O–H groups in total. The number of hydrogen-bond donors (Lipinski definition) is 2. The van der Waals surface area contributed by atoms with Crippen molar-refractivity contribution in [3.8, 4) is 11.3 Å². The number of hydrogen-bond acceptors (Lipinski definition) is 4. The van der Waals surface area contributed by atoms with Crippen LogP contribution in [0, 0.1) is 5.92 Å². The van der Waals surface area contributed by atoms with Gasteiger partial charge in [0.15, 0.2) is 0 Å². The molecule has 142 valence electrons. The second-order valence-electron chi connectivity index (χ2n) is 7.12. The molecule has 3 aromatic heterocycles. The van der Waals surface area contributed by atoms with E-state index in [9.17, 15) is 4.79 Å². The molecule has 0 saturated carbocycles. The standard InChI is InChI=1S/C21H22N6O/c1-13(2)19(20-23-15-6-4-5-7-18(15)27(20)3)24-21(28)17-12-16(25-26-17)14-8-10-22-11-9-14/h4-13,19H,1-3H3,(H,24,28)(H,25,26)/t19-/m0/s1. The minimum atomic E-state index is -0.224. The maximum Gasteiger partial charge on any atom is 0.269 e. The number of nitrogens with zero attached hydrogens (tertiary/aromatic N) is 4. The fraction of sp³-hybridized carbons (Fsp3) is 0.238. The quantitative estimate of drug-likeness (QED) is 0.560. The number of rotatable bonds is 5. The average molecular weight is 374 g/mol. The van der Waals surface area contributed by atoms with E-state index in [2.05, 4.69) is 34.3 Å². The van der Waals surface area contributed by atoms with E-state index in [0.717, 1.165) is 22.4 Å². The number of H-pyrrole nitrogens is 1.